The average Bonchev–Trinajstić information content (AvgIpc) is 3.56. The van der Waals surface area contributed by atoms with Crippen molar-refractivity contribution in [1.29, 1.82) is 0 Å². The molecule has 8 nitrogen and oxygen atoms in total. The number of hydrogen-bond donors (Lipinski definition) is 1. The highest BCUT2D eigenvalue weighted by Gasteiger charge is 2.19. The Kier molecular flexibility index (Phi) is 6.77. The van der Waals surface area contributed by atoms with Crippen LogP contribution < -0.4 is 10.1 Å². The smallest absolute Gasteiger partial charge is 0.256 e. The lowest BCUT2D eigenvalue weighted by Gasteiger charge is -2.14. The third-order valence-corrected chi connectivity index (χ3v) is 5.74. The van der Waals surface area contributed by atoms with Gasteiger partial charge in [0.15, 0.2) is 5.65 Å². The molecule has 0 aliphatic rings. The number of carbonyl (C=O) groups is 1. The molecule has 5 aromatic rings. The van der Waals surface area contributed by atoms with Crippen LogP contribution in [0.1, 0.15) is 21.7 Å². The van der Waals surface area contributed by atoms with Gasteiger partial charge in [0.1, 0.15) is 24.7 Å². The van der Waals surface area contributed by atoms with Gasteiger partial charge in [0.25, 0.3) is 5.91 Å². The van der Waals surface area contributed by atoms with E-state index in [0.717, 1.165) is 16.9 Å². The summed E-state index contributed by atoms with van der Waals surface area (Å²) in [6.45, 7) is 3.20. The molecule has 0 fully saturated rings. The number of hydrogen-bond acceptors (Lipinski definition) is 6. The maximum absolute atomic E-state index is 13.6. The Labute approximate surface area is 208 Å². The number of nitrogens with one attached hydrogen (secondary N) is 1. The van der Waals surface area contributed by atoms with E-state index in [4.69, 9.17) is 18.9 Å². The van der Waals surface area contributed by atoms with E-state index in [-0.39, 0.29) is 5.91 Å². The minimum atomic E-state index is -0.280. The van der Waals surface area contributed by atoms with Crippen molar-refractivity contribution in [2.24, 2.45) is 0 Å². The summed E-state index contributed by atoms with van der Waals surface area (Å²) < 4.78 is 18.2. The van der Waals surface area contributed by atoms with E-state index in [0.29, 0.717) is 53.5 Å². The Morgan fingerprint density at radius 2 is 1.92 bits per heavy atom. The summed E-state index contributed by atoms with van der Waals surface area (Å²) >= 11 is 0. The van der Waals surface area contributed by atoms with Crippen molar-refractivity contribution in [1.82, 2.24) is 14.8 Å². The van der Waals surface area contributed by atoms with Crippen molar-refractivity contribution < 1.29 is 18.7 Å². The van der Waals surface area contributed by atoms with Gasteiger partial charge in [0, 0.05) is 12.7 Å². The van der Waals surface area contributed by atoms with Crippen LogP contribution in [0, 0.1) is 6.92 Å². The van der Waals surface area contributed by atoms with Crippen LogP contribution in [0.3, 0.4) is 0 Å². The lowest BCUT2D eigenvalue weighted by Crippen LogP contribution is -2.15. The van der Waals surface area contributed by atoms with E-state index in [1.54, 1.807) is 30.3 Å². The number of ether oxygens (including phenoxy) is 2. The van der Waals surface area contributed by atoms with Crippen molar-refractivity contribution in [2.75, 3.05) is 25.6 Å². The van der Waals surface area contributed by atoms with Crippen molar-refractivity contribution in [3.63, 3.8) is 0 Å². The molecule has 5 rings (SSSR count). The molecule has 0 radical (unpaired) electrons. The molecule has 36 heavy (non-hydrogen) atoms. The van der Waals surface area contributed by atoms with Gasteiger partial charge in [0.2, 0.25) is 0 Å². The molecule has 2 aromatic carbocycles. The van der Waals surface area contributed by atoms with Crippen LogP contribution in [0.2, 0.25) is 0 Å². The van der Waals surface area contributed by atoms with Crippen LogP contribution >= 0.6 is 0 Å². The molecule has 0 saturated heterocycles. The summed E-state index contributed by atoms with van der Waals surface area (Å²) in [5, 5.41) is 8.17. The quantitative estimate of drug-likeness (QED) is 0.286. The Bertz CT molecular complexity index is 1480. The molecule has 0 spiro atoms. The molecule has 0 unspecified atom stereocenters. The number of pyridine rings is 1. The Morgan fingerprint density at radius 3 is 2.69 bits per heavy atom. The highest BCUT2D eigenvalue weighted by atomic mass is 16.5. The number of rotatable bonds is 9. The maximum atomic E-state index is 13.6. The Hall–Kier alpha value is -4.43. The van der Waals surface area contributed by atoms with E-state index >= 15 is 0 Å². The SMILES string of the molecule is COCCOc1cc(C)ccc1NC(=O)c1cc(-c2ccccc2)nc2c1cnn2Cc1ccco1. The van der Waals surface area contributed by atoms with Gasteiger partial charge in [-0.2, -0.15) is 5.10 Å². The number of aromatic nitrogens is 3. The number of methoxy groups -OCH3 is 1. The lowest BCUT2D eigenvalue weighted by molar-refractivity contribution is 0.102. The number of furan rings is 1. The zero-order chi connectivity index (χ0) is 24.9. The van der Waals surface area contributed by atoms with E-state index in [9.17, 15) is 4.79 Å². The van der Waals surface area contributed by atoms with Crippen LogP contribution in [-0.4, -0.2) is 41.0 Å². The molecule has 1 amide bonds. The predicted molar refractivity (Wildman–Crippen MR) is 137 cm³/mol. The first-order chi connectivity index (χ1) is 17.6. The summed E-state index contributed by atoms with van der Waals surface area (Å²) in [6.07, 6.45) is 3.29. The number of carbonyl (C=O) groups excluding carboxylic acids is 1. The summed E-state index contributed by atoms with van der Waals surface area (Å²) in [4.78, 5) is 18.5. The standard InChI is InChI=1S/C28H26N4O4/c1-19-10-11-24(26(15-19)36-14-13-34-2)31-28(33)22-16-25(20-7-4-3-5-8-20)30-27-23(22)17-29-32(27)18-21-9-6-12-35-21/h3-12,15-17H,13-14,18H2,1-2H3,(H,31,33). The topological polar surface area (TPSA) is 91.4 Å². The number of benzene rings is 2. The van der Waals surface area contributed by atoms with Gasteiger partial charge in [0.05, 0.1) is 41.4 Å². The fourth-order valence-electron chi connectivity index (χ4n) is 3.94. The Balaban J connectivity index is 1.55. The minimum absolute atomic E-state index is 0.280. The number of nitrogens with zero attached hydrogens (tertiary/aromatic N) is 3. The summed E-state index contributed by atoms with van der Waals surface area (Å²) in [5.74, 6) is 1.05. The van der Waals surface area contributed by atoms with Crippen molar-refractivity contribution in [3.8, 4) is 17.0 Å². The number of anilines is 1. The van der Waals surface area contributed by atoms with E-state index in [2.05, 4.69) is 10.4 Å². The van der Waals surface area contributed by atoms with Crippen LogP contribution in [-0.2, 0) is 11.3 Å². The van der Waals surface area contributed by atoms with Gasteiger partial charge in [-0.1, -0.05) is 36.4 Å². The van der Waals surface area contributed by atoms with Gasteiger partial charge in [-0.25, -0.2) is 9.67 Å². The van der Waals surface area contributed by atoms with Crippen LogP contribution in [0.4, 0.5) is 5.69 Å². The second-order valence-electron chi connectivity index (χ2n) is 8.33. The summed E-state index contributed by atoms with van der Waals surface area (Å²) in [6, 6.07) is 20.9. The molecule has 0 bridgehead atoms. The third kappa shape index (κ3) is 4.99. The number of amides is 1. The molecule has 0 aliphatic heterocycles. The number of aryl methyl sites for hydroxylation is 1. The molecule has 3 aromatic heterocycles. The second kappa shape index (κ2) is 10.5. The van der Waals surface area contributed by atoms with Crippen molar-refractivity contribution >= 4 is 22.6 Å². The van der Waals surface area contributed by atoms with Crippen LogP contribution in [0.5, 0.6) is 5.75 Å². The maximum Gasteiger partial charge on any atom is 0.256 e. The largest absolute Gasteiger partial charge is 0.489 e. The van der Waals surface area contributed by atoms with E-state index in [1.165, 1.54) is 0 Å². The zero-order valence-electron chi connectivity index (χ0n) is 20.1. The molecule has 3 heterocycles. The lowest BCUT2D eigenvalue weighted by atomic mass is 10.1. The molecule has 0 atom stereocenters. The highest BCUT2D eigenvalue weighted by Crippen LogP contribution is 2.29. The van der Waals surface area contributed by atoms with Gasteiger partial charge in [-0.05, 0) is 42.8 Å². The molecular formula is C28H26N4O4. The van der Waals surface area contributed by atoms with Gasteiger partial charge in [-0.15, -0.1) is 0 Å². The predicted octanol–water partition coefficient (Wildman–Crippen LogP) is 5.33. The first kappa shape index (κ1) is 23.3. The molecule has 8 heteroatoms. The van der Waals surface area contributed by atoms with Crippen molar-refractivity contribution in [2.45, 2.75) is 13.5 Å². The van der Waals surface area contributed by atoms with Crippen molar-refractivity contribution in [3.05, 3.63) is 96.1 Å². The second-order valence-corrected chi connectivity index (χ2v) is 8.33. The number of fused-ring (bicyclic) bond motifs is 1. The molecule has 0 saturated carbocycles. The third-order valence-electron chi connectivity index (χ3n) is 5.74. The fourth-order valence-corrected chi connectivity index (χ4v) is 3.94. The summed E-state index contributed by atoms with van der Waals surface area (Å²) in [5.41, 5.74) is 4.24. The Morgan fingerprint density at radius 1 is 1.06 bits per heavy atom. The minimum Gasteiger partial charge on any atom is -0.489 e. The summed E-state index contributed by atoms with van der Waals surface area (Å²) in [7, 11) is 1.62. The van der Waals surface area contributed by atoms with E-state index < -0.39 is 0 Å². The van der Waals surface area contributed by atoms with Crippen LogP contribution in [0.15, 0.2) is 83.6 Å². The fraction of sp³-hybridized carbons (Fsp3) is 0.179. The van der Waals surface area contributed by atoms with Gasteiger partial charge >= 0.3 is 0 Å². The molecular weight excluding hydrogens is 456 g/mol. The van der Waals surface area contributed by atoms with Gasteiger partial charge in [-0.3, -0.25) is 4.79 Å². The molecule has 1 N–H and O–H groups in total. The zero-order valence-corrected chi connectivity index (χ0v) is 20.1. The van der Waals surface area contributed by atoms with Crippen LogP contribution in [0.25, 0.3) is 22.3 Å². The highest BCUT2D eigenvalue weighted by molar-refractivity contribution is 6.13. The van der Waals surface area contributed by atoms with E-state index in [1.807, 2.05) is 67.6 Å². The van der Waals surface area contributed by atoms with Gasteiger partial charge < -0.3 is 19.2 Å². The first-order valence-electron chi connectivity index (χ1n) is 11.6. The normalized spacial score (nSPS) is 11.1. The molecule has 182 valence electrons. The molecule has 0 aliphatic carbocycles. The monoisotopic (exact) mass is 482 g/mol. The first-order valence-corrected chi connectivity index (χ1v) is 11.6. The average molecular weight is 483 g/mol.